The molecular weight excluding hydrogens is 528 g/mol. The van der Waals surface area contributed by atoms with Crippen LogP contribution in [0.1, 0.15) is 48.4 Å². The second-order valence-corrected chi connectivity index (χ2v) is 10.8. The highest BCUT2D eigenvalue weighted by Crippen LogP contribution is 2.22. The van der Waals surface area contributed by atoms with Crippen molar-refractivity contribution in [3.05, 3.63) is 120 Å². The Morgan fingerprint density at radius 1 is 0.881 bits per heavy atom. The van der Waals surface area contributed by atoms with Gasteiger partial charge in [0.25, 0.3) is 0 Å². The van der Waals surface area contributed by atoms with E-state index in [-0.39, 0.29) is 43.3 Å². The zero-order valence-corrected chi connectivity index (χ0v) is 23.9. The molecule has 220 valence electrons. The van der Waals surface area contributed by atoms with Crippen molar-refractivity contribution in [1.29, 1.82) is 0 Å². The van der Waals surface area contributed by atoms with Crippen molar-refractivity contribution in [1.82, 2.24) is 10.6 Å². The summed E-state index contributed by atoms with van der Waals surface area (Å²) in [4.78, 5) is 39.8. The number of hydrogen-bond donors (Lipinski definition) is 3. The minimum absolute atomic E-state index is 0.00408. The molecule has 3 aromatic carbocycles. The number of allylic oxidation sites excluding steroid dienone is 2. The van der Waals surface area contributed by atoms with Crippen LogP contribution in [0.25, 0.3) is 0 Å². The number of ether oxygens (including phenoxy) is 1. The Hall–Kier alpha value is -4.23. The van der Waals surface area contributed by atoms with Crippen molar-refractivity contribution < 1.29 is 24.2 Å². The SMILES string of the molecule is O=C(C[C@H]1CC=CCC[C@H](Cc2ccccc2)C(=O)OC[C@@H](c2ccccc2)NC1=O)N[C@@H](CO)Cc1ccccc1. The van der Waals surface area contributed by atoms with E-state index in [1.807, 2.05) is 103 Å². The molecule has 0 saturated heterocycles. The van der Waals surface area contributed by atoms with E-state index >= 15 is 0 Å². The fraction of sp³-hybridized carbons (Fsp3) is 0.343. The summed E-state index contributed by atoms with van der Waals surface area (Å²) in [6.45, 7) is -0.209. The molecule has 0 radical (unpaired) electrons. The summed E-state index contributed by atoms with van der Waals surface area (Å²) in [7, 11) is 0. The Balaban J connectivity index is 1.48. The van der Waals surface area contributed by atoms with Gasteiger partial charge in [0.15, 0.2) is 0 Å². The first-order valence-electron chi connectivity index (χ1n) is 14.7. The maximum absolute atomic E-state index is 13.6. The second kappa shape index (κ2) is 16.3. The Kier molecular flexibility index (Phi) is 11.9. The van der Waals surface area contributed by atoms with Gasteiger partial charge in [0.1, 0.15) is 6.61 Å². The van der Waals surface area contributed by atoms with Gasteiger partial charge in [-0.25, -0.2) is 0 Å². The van der Waals surface area contributed by atoms with E-state index in [2.05, 4.69) is 10.6 Å². The normalized spacial score (nSPS) is 20.6. The lowest BCUT2D eigenvalue weighted by Crippen LogP contribution is -2.42. The molecule has 7 nitrogen and oxygen atoms in total. The molecular formula is C35H40N2O5. The number of rotatable bonds is 9. The third kappa shape index (κ3) is 9.70. The third-order valence-corrected chi connectivity index (χ3v) is 7.55. The van der Waals surface area contributed by atoms with Crippen LogP contribution in [-0.2, 0) is 32.0 Å². The number of cyclic esters (lactones) is 1. The highest BCUT2D eigenvalue weighted by molar-refractivity contribution is 5.86. The maximum atomic E-state index is 13.6. The lowest BCUT2D eigenvalue weighted by molar-refractivity contribution is -0.150. The Morgan fingerprint density at radius 2 is 1.52 bits per heavy atom. The molecule has 1 aliphatic heterocycles. The molecule has 0 spiro atoms. The summed E-state index contributed by atoms with van der Waals surface area (Å²) in [5.74, 6) is -1.81. The summed E-state index contributed by atoms with van der Waals surface area (Å²) in [5, 5.41) is 15.8. The summed E-state index contributed by atoms with van der Waals surface area (Å²) >= 11 is 0. The third-order valence-electron chi connectivity index (χ3n) is 7.55. The number of hydrogen-bond acceptors (Lipinski definition) is 5. The van der Waals surface area contributed by atoms with Gasteiger partial charge >= 0.3 is 5.97 Å². The lowest BCUT2D eigenvalue weighted by Gasteiger charge is -2.24. The van der Waals surface area contributed by atoms with Crippen molar-refractivity contribution in [2.75, 3.05) is 13.2 Å². The number of benzene rings is 3. The van der Waals surface area contributed by atoms with Gasteiger partial charge in [0.2, 0.25) is 11.8 Å². The van der Waals surface area contributed by atoms with E-state index in [4.69, 9.17) is 4.74 Å². The van der Waals surface area contributed by atoms with Gasteiger partial charge in [-0.3, -0.25) is 14.4 Å². The van der Waals surface area contributed by atoms with Crippen LogP contribution in [0.4, 0.5) is 0 Å². The predicted molar refractivity (Wildman–Crippen MR) is 162 cm³/mol. The number of nitrogens with one attached hydrogen (secondary N) is 2. The average molecular weight is 569 g/mol. The van der Waals surface area contributed by atoms with E-state index in [9.17, 15) is 19.5 Å². The highest BCUT2D eigenvalue weighted by atomic mass is 16.5. The monoisotopic (exact) mass is 568 g/mol. The highest BCUT2D eigenvalue weighted by Gasteiger charge is 2.28. The van der Waals surface area contributed by atoms with Crippen LogP contribution in [0.5, 0.6) is 0 Å². The van der Waals surface area contributed by atoms with Crippen molar-refractivity contribution >= 4 is 17.8 Å². The number of carbonyl (C=O) groups excluding carboxylic acids is 3. The Labute approximate surface area is 248 Å². The molecule has 7 heteroatoms. The van der Waals surface area contributed by atoms with Crippen LogP contribution in [0.15, 0.2) is 103 Å². The second-order valence-electron chi connectivity index (χ2n) is 10.8. The fourth-order valence-electron chi connectivity index (χ4n) is 5.21. The molecule has 0 aromatic heterocycles. The summed E-state index contributed by atoms with van der Waals surface area (Å²) < 4.78 is 5.81. The predicted octanol–water partition coefficient (Wildman–Crippen LogP) is 4.71. The van der Waals surface area contributed by atoms with Crippen LogP contribution >= 0.6 is 0 Å². The van der Waals surface area contributed by atoms with Gasteiger partial charge in [-0.15, -0.1) is 0 Å². The van der Waals surface area contributed by atoms with Crippen molar-refractivity contribution in [2.24, 2.45) is 11.8 Å². The number of aliphatic hydroxyl groups is 1. The van der Waals surface area contributed by atoms with Crippen molar-refractivity contribution in [3.8, 4) is 0 Å². The largest absolute Gasteiger partial charge is 0.463 e. The molecule has 0 aliphatic carbocycles. The van der Waals surface area contributed by atoms with Crippen LogP contribution in [0.3, 0.4) is 0 Å². The number of amides is 2. The van der Waals surface area contributed by atoms with Crippen LogP contribution < -0.4 is 10.6 Å². The Morgan fingerprint density at radius 3 is 2.19 bits per heavy atom. The van der Waals surface area contributed by atoms with Crippen LogP contribution in [-0.4, -0.2) is 42.1 Å². The van der Waals surface area contributed by atoms with E-state index in [0.717, 1.165) is 16.7 Å². The van der Waals surface area contributed by atoms with Gasteiger partial charge in [0.05, 0.1) is 30.5 Å². The topological polar surface area (TPSA) is 105 Å². The van der Waals surface area contributed by atoms with E-state index in [0.29, 0.717) is 32.1 Å². The summed E-state index contributed by atoms with van der Waals surface area (Å²) in [6.07, 6.45) is 6.58. The number of aliphatic hydroxyl groups excluding tert-OH is 1. The van der Waals surface area contributed by atoms with E-state index in [1.165, 1.54) is 0 Å². The minimum Gasteiger partial charge on any atom is -0.463 e. The molecule has 4 rings (SSSR count). The molecule has 3 N–H and O–H groups in total. The Bertz CT molecular complexity index is 1300. The molecule has 0 unspecified atom stereocenters. The first-order valence-corrected chi connectivity index (χ1v) is 14.7. The summed E-state index contributed by atoms with van der Waals surface area (Å²) in [6, 6.07) is 27.9. The fourth-order valence-corrected chi connectivity index (χ4v) is 5.21. The smallest absolute Gasteiger partial charge is 0.309 e. The zero-order valence-electron chi connectivity index (χ0n) is 23.9. The molecule has 1 heterocycles. The lowest BCUT2D eigenvalue weighted by atomic mass is 9.94. The number of carbonyl (C=O) groups is 3. The van der Waals surface area contributed by atoms with Crippen LogP contribution in [0.2, 0.25) is 0 Å². The van der Waals surface area contributed by atoms with Gasteiger partial charge in [-0.05, 0) is 48.8 Å². The van der Waals surface area contributed by atoms with Gasteiger partial charge in [-0.1, -0.05) is 103 Å². The van der Waals surface area contributed by atoms with Gasteiger partial charge in [-0.2, -0.15) is 0 Å². The molecule has 1 aliphatic rings. The standard InChI is InChI=1S/C35H40N2O5/c38-24-31(22-27-15-7-2-8-16-27)36-33(39)23-29-19-11-4-12-20-30(21-26-13-5-1-6-14-26)35(41)42-25-32(37-34(29)40)28-17-9-3-10-18-28/h1-11,13-18,29-32,38H,12,19-25H2,(H,36,39)(H,37,40)/t29-,30-,31-,32+/m1/s1. The zero-order chi connectivity index (χ0) is 29.6. The molecule has 0 saturated carbocycles. The molecule has 0 fully saturated rings. The summed E-state index contributed by atoms with van der Waals surface area (Å²) in [5.41, 5.74) is 2.89. The maximum Gasteiger partial charge on any atom is 0.309 e. The first-order chi connectivity index (χ1) is 20.5. The van der Waals surface area contributed by atoms with Gasteiger partial charge in [0, 0.05) is 6.42 Å². The molecule has 3 aromatic rings. The molecule has 42 heavy (non-hydrogen) atoms. The molecule has 4 atom stereocenters. The van der Waals surface area contributed by atoms with E-state index in [1.54, 1.807) is 0 Å². The quantitative estimate of drug-likeness (QED) is 0.256. The van der Waals surface area contributed by atoms with Crippen molar-refractivity contribution in [2.45, 2.75) is 50.6 Å². The van der Waals surface area contributed by atoms with Crippen molar-refractivity contribution in [3.63, 3.8) is 0 Å². The number of esters is 1. The van der Waals surface area contributed by atoms with Crippen LogP contribution in [0, 0.1) is 11.8 Å². The van der Waals surface area contributed by atoms with E-state index < -0.39 is 18.0 Å². The molecule has 2 amide bonds. The minimum atomic E-state index is -0.625. The molecule has 0 bridgehead atoms. The first kappa shape index (κ1) is 30.7. The van der Waals surface area contributed by atoms with Gasteiger partial charge < -0.3 is 20.5 Å². The average Bonchev–Trinajstić information content (AvgIpc) is 3.03.